The molecule has 0 spiro atoms. The third kappa shape index (κ3) is 3.33. The molecule has 1 saturated carbocycles. The van der Waals surface area contributed by atoms with E-state index in [2.05, 4.69) is 38.5 Å². The van der Waals surface area contributed by atoms with Gasteiger partial charge in [-0.1, -0.05) is 6.07 Å². The van der Waals surface area contributed by atoms with Gasteiger partial charge in [-0.2, -0.15) is 0 Å². The molecule has 2 aromatic rings. The molecule has 19 heavy (non-hydrogen) atoms. The van der Waals surface area contributed by atoms with Gasteiger partial charge in [0, 0.05) is 18.8 Å². The number of hydrogen-bond acceptors (Lipinski definition) is 5. The first-order valence-electron chi connectivity index (χ1n) is 6.46. The van der Waals surface area contributed by atoms with Gasteiger partial charge >= 0.3 is 0 Å². The maximum atomic E-state index is 4.51. The summed E-state index contributed by atoms with van der Waals surface area (Å²) in [5.41, 5.74) is 2.41. The molecule has 1 aliphatic rings. The third-order valence-corrected chi connectivity index (χ3v) is 4.01. The van der Waals surface area contributed by atoms with Crippen molar-refractivity contribution in [3.63, 3.8) is 0 Å². The minimum atomic E-state index is 0.719. The molecule has 5 nitrogen and oxygen atoms in total. The van der Waals surface area contributed by atoms with Gasteiger partial charge in [0.2, 0.25) is 5.16 Å². The van der Waals surface area contributed by atoms with Crippen molar-refractivity contribution in [2.24, 2.45) is 0 Å². The number of hydrogen-bond donors (Lipinski definition) is 2. The molecule has 0 aliphatic heterocycles. The highest BCUT2D eigenvalue weighted by Crippen LogP contribution is 2.26. The normalized spacial score (nSPS) is 14.8. The van der Waals surface area contributed by atoms with Crippen molar-refractivity contribution in [2.45, 2.75) is 49.5 Å². The molecule has 0 saturated heterocycles. The van der Waals surface area contributed by atoms with E-state index in [-0.39, 0.29) is 0 Å². The van der Waals surface area contributed by atoms with E-state index in [0.29, 0.717) is 0 Å². The van der Waals surface area contributed by atoms with E-state index in [1.165, 1.54) is 35.7 Å². The zero-order valence-electron chi connectivity index (χ0n) is 11.1. The van der Waals surface area contributed by atoms with Crippen LogP contribution in [0.3, 0.4) is 0 Å². The van der Waals surface area contributed by atoms with Crippen LogP contribution in [0.15, 0.2) is 22.4 Å². The van der Waals surface area contributed by atoms with E-state index < -0.39 is 0 Å². The average Bonchev–Trinajstić information content (AvgIpc) is 3.13. The molecule has 3 rings (SSSR count). The number of aromatic amines is 1. The van der Waals surface area contributed by atoms with Gasteiger partial charge in [0.05, 0.1) is 0 Å². The second kappa shape index (κ2) is 5.30. The van der Waals surface area contributed by atoms with Gasteiger partial charge in [-0.05, 0) is 49.6 Å². The first kappa shape index (κ1) is 12.6. The Bertz CT molecular complexity index is 576. The van der Waals surface area contributed by atoms with Crippen molar-refractivity contribution in [2.75, 3.05) is 0 Å². The van der Waals surface area contributed by atoms with Crippen LogP contribution in [0.2, 0.25) is 0 Å². The Labute approximate surface area is 116 Å². The average molecular weight is 275 g/mol. The van der Waals surface area contributed by atoms with Crippen LogP contribution >= 0.6 is 11.8 Å². The summed E-state index contributed by atoms with van der Waals surface area (Å²) in [7, 11) is 0. The molecule has 0 radical (unpaired) electrons. The van der Waals surface area contributed by atoms with Crippen molar-refractivity contribution in [1.82, 2.24) is 25.5 Å². The lowest BCUT2D eigenvalue weighted by atomic mass is 10.2. The first-order chi connectivity index (χ1) is 9.20. The molecule has 6 heteroatoms. The molecule has 0 unspecified atom stereocenters. The summed E-state index contributed by atoms with van der Waals surface area (Å²) < 4.78 is 0. The molecule has 0 atom stereocenters. The quantitative estimate of drug-likeness (QED) is 0.876. The van der Waals surface area contributed by atoms with Crippen LogP contribution in [0.5, 0.6) is 0 Å². The van der Waals surface area contributed by atoms with Crippen LogP contribution in [0.1, 0.15) is 29.8 Å². The molecule has 1 aliphatic carbocycles. The minimum Gasteiger partial charge on any atom is -0.310 e. The zero-order valence-corrected chi connectivity index (χ0v) is 11.9. The van der Waals surface area contributed by atoms with Crippen LogP contribution in [0, 0.1) is 13.8 Å². The van der Waals surface area contributed by atoms with Crippen LogP contribution in [-0.4, -0.2) is 26.2 Å². The Balaban J connectivity index is 1.67. The van der Waals surface area contributed by atoms with Crippen molar-refractivity contribution < 1.29 is 0 Å². The number of rotatable bonds is 5. The van der Waals surface area contributed by atoms with Gasteiger partial charge < -0.3 is 5.32 Å². The van der Waals surface area contributed by atoms with Gasteiger partial charge in [0.1, 0.15) is 10.9 Å². The molecular formula is C13H17N5S. The highest BCUT2D eigenvalue weighted by molar-refractivity contribution is 7.99. The first-order valence-corrected chi connectivity index (χ1v) is 7.28. The summed E-state index contributed by atoms with van der Waals surface area (Å²) in [5, 5.41) is 12.1. The minimum absolute atomic E-state index is 0.719. The topological polar surface area (TPSA) is 66.5 Å². The van der Waals surface area contributed by atoms with Crippen LogP contribution in [-0.2, 0) is 6.54 Å². The molecule has 2 heterocycles. The number of aryl methyl sites for hydroxylation is 2. The molecule has 100 valence electrons. The van der Waals surface area contributed by atoms with Crippen molar-refractivity contribution in [3.05, 3.63) is 29.2 Å². The van der Waals surface area contributed by atoms with E-state index in [0.717, 1.165) is 28.6 Å². The molecule has 0 amide bonds. The molecular weight excluding hydrogens is 258 g/mol. The molecule has 0 aromatic carbocycles. The predicted octanol–water partition coefficient (Wildman–Crippen LogP) is 2.22. The van der Waals surface area contributed by atoms with E-state index >= 15 is 0 Å². The lowest BCUT2D eigenvalue weighted by Gasteiger charge is -2.06. The molecule has 2 N–H and O–H groups in total. The SMILES string of the molecule is Cc1nc(Sc2ncc(CNC3CC3)cc2C)n[nH]1. The van der Waals surface area contributed by atoms with Gasteiger partial charge in [-0.15, -0.1) is 5.10 Å². The summed E-state index contributed by atoms with van der Waals surface area (Å²) in [6.07, 6.45) is 4.55. The Hall–Kier alpha value is -1.40. The number of aromatic nitrogens is 4. The fourth-order valence-corrected chi connectivity index (χ4v) is 2.60. The summed E-state index contributed by atoms with van der Waals surface area (Å²) in [4.78, 5) is 8.79. The van der Waals surface area contributed by atoms with Crippen molar-refractivity contribution in [3.8, 4) is 0 Å². The molecule has 0 bridgehead atoms. The fourth-order valence-electron chi connectivity index (χ4n) is 1.83. The largest absolute Gasteiger partial charge is 0.310 e. The van der Waals surface area contributed by atoms with Crippen LogP contribution < -0.4 is 5.32 Å². The Morgan fingerprint density at radius 1 is 1.42 bits per heavy atom. The maximum absolute atomic E-state index is 4.51. The van der Waals surface area contributed by atoms with E-state index in [9.17, 15) is 0 Å². The van der Waals surface area contributed by atoms with Gasteiger partial charge in [0.25, 0.3) is 0 Å². The number of pyridine rings is 1. The second-order valence-corrected chi connectivity index (χ2v) is 5.88. The highest BCUT2D eigenvalue weighted by Gasteiger charge is 2.20. The van der Waals surface area contributed by atoms with Crippen LogP contribution in [0.4, 0.5) is 0 Å². The Morgan fingerprint density at radius 3 is 2.89 bits per heavy atom. The second-order valence-electron chi connectivity index (χ2n) is 4.93. The number of nitrogens with one attached hydrogen (secondary N) is 2. The molecule has 1 fully saturated rings. The predicted molar refractivity (Wildman–Crippen MR) is 74.1 cm³/mol. The van der Waals surface area contributed by atoms with Gasteiger partial charge in [-0.25, -0.2) is 9.97 Å². The Kier molecular flexibility index (Phi) is 3.52. The number of nitrogens with zero attached hydrogens (tertiary/aromatic N) is 3. The van der Waals surface area contributed by atoms with E-state index in [1.807, 2.05) is 13.1 Å². The lowest BCUT2D eigenvalue weighted by molar-refractivity contribution is 0.684. The third-order valence-electron chi connectivity index (χ3n) is 3.02. The van der Waals surface area contributed by atoms with Crippen LogP contribution in [0.25, 0.3) is 0 Å². The summed E-state index contributed by atoms with van der Waals surface area (Å²) in [6, 6.07) is 2.91. The number of H-pyrrole nitrogens is 1. The van der Waals surface area contributed by atoms with Gasteiger partial charge in [0.15, 0.2) is 0 Å². The highest BCUT2D eigenvalue weighted by atomic mass is 32.2. The smallest absolute Gasteiger partial charge is 0.214 e. The van der Waals surface area contributed by atoms with Crippen molar-refractivity contribution >= 4 is 11.8 Å². The summed E-state index contributed by atoms with van der Waals surface area (Å²) >= 11 is 1.50. The molecule has 2 aromatic heterocycles. The fraction of sp³-hybridized carbons (Fsp3) is 0.462. The zero-order chi connectivity index (χ0) is 13.2. The lowest BCUT2D eigenvalue weighted by Crippen LogP contribution is -2.15. The van der Waals surface area contributed by atoms with E-state index in [1.54, 1.807) is 0 Å². The van der Waals surface area contributed by atoms with E-state index in [4.69, 9.17) is 0 Å². The monoisotopic (exact) mass is 275 g/mol. The summed E-state index contributed by atoms with van der Waals surface area (Å²) in [5.74, 6) is 0.824. The Morgan fingerprint density at radius 2 is 2.26 bits per heavy atom. The summed E-state index contributed by atoms with van der Waals surface area (Å²) in [6.45, 7) is 4.88. The standard InChI is InChI=1S/C13H17N5S/c1-8-5-10(6-14-11-3-4-11)7-15-12(8)19-13-16-9(2)17-18-13/h5,7,11,14H,3-4,6H2,1-2H3,(H,16,17,18). The van der Waals surface area contributed by atoms with Crippen molar-refractivity contribution in [1.29, 1.82) is 0 Å². The van der Waals surface area contributed by atoms with Gasteiger partial charge in [-0.3, -0.25) is 5.10 Å². The maximum Gasteiger partial charge on any atom is 0.214 e.